The van der Waals surface area contributed by atoms with Crippen LogP contribution in [0.4, 0.5) is 5.69 Å². The molecule has 94 valence electrons. The van der Waals surface area contributed by atoms with Gasteiger partial charge in [-0.3, -0.25) is 0 Å². The molecule has 0 amide bonds. The number of aliphatic hydroxyl groups excluding tert-OH is 1. The zero-order chi connectivity index (χ0) is 12.3. The molecule has 2 atom stereocenters. The topological polar surface area (TPSA) is 32.3 Å². The maximum absolute atomic E-state index is 9.75. The molecule has 1 aliphatic carbocycles. The molecule has 0 saturated heterocycles. The first kappa shape index (κ1) is 12.7. The van der Waals surface area contributed by atoms with Crippen LogP contribution < -0.4 is 5.32 Å². The molecular weight excluding hydrogens is 234 g/mol. The van der Waals surface area contributed by atoms with Gasteiger partial charge >= 0.3 is 0 Å². The third kappa shape index (κ3) is 2.58. The van der Waals surface area contributed by atoms with E-state index in [1.54, 1.807) is 0 Å². The Morgan fingerprint density at radius 1 is 1.53 bits per heavy atom. The number of hydrogen-bond acceptors (Lipinski definition) is 2. The van der Waals surface area contributed by atoms with Crippen LogP contribution in [0.1, 0.15) is 32.6 Å². The van der Waals surface area contributed by atoms with E-state index < -0.39 is 0 Å². The molecule has 0 aliphatic heterocycles. The molecule has 1 aromatic rings. The van der Waals surface area contributed by atoms with Crippen molar-refractivity contribution in [2.24, 2.45) is 5.92 Å². The van der Waals surface area contributed by atoms with E-state index in [9.17, 15) is 5.11 Å². The van der Waals surface area contributed by atoms with Gasteiger partial charge < -0.3 is 10.4 Å². The summed E-state index contributed by atoms with van der Waals surface area (Å²) in [5.74, 6) is 0.548. The maximum atomic E-state index is 9.75. The number of anilines is 1. The molecule has 1 fully saturated rings. The SMILES string of the molecule is CCC1CCCC1(CO)Nc1cccc(Cl)c1. The Morgan fingerprint density at radius 3 is 3.00 bits per heavy atom. The first-order valence-electron chi connectivity index (χ1n) is 6.35. The summed E-state index contributed by atoms with van der Waals surface area (Å²) in [4.78, 5) is 0. The quantitative estimate of drug-likeness (QED) is 0.858. The molecule has 1 aromatic carbocycles. The van der Waals surface area contributed by atoms with Gasteiger partial charge in [-0.05, 0) is 37.0 Å². The van der Waals surface area contributed by atoms with Crippen molar-refractivity contribution in [3.63, 3.8) is 0 Å². The minimum Gasteiger partial charge on any atom is -0.394 e. The summed E-state index contributed by atoms with van der Waals surface area (Å²) < 4.78 is 0. The highest BCUT2D eigenvalue weighted by Crippen LogP contribution is 2.40. The second kappa shape index (κ2) is 5.28. The first-order chi connectivity index (χ1) is 8.20. The van der Waals surface area contributed by atoms with Gasteiger partial charge in [-0.15, -0.1) is 0 Å². The van der Waals surface area contributed by atoms with E-state index in [2.05, 4.69) is 12.2 Å². The van der Waals surface area contributed by atoms with Crippen molar-refractivity contribution >= 4 is 17.3 Å². The van der Waals surface area contributed by atoms with Crippen LogP contribution in [0.2, 0.25) is 5.02 Å². The molecule has 1 aliphatic rings. The lowest BCUT2D eigenvalue weighted by atomic mass is 9.85. The molecule has 2 N–H and O–H groups in total. The molecule has 2 rings (SSSR count). The van der Waals surface area contributed by atoms with Gasteiger partial charge in [0.05, 0.1) is 12.1 Å². The zero-order valence-corrected chi connectivity index (χ0v) is 11.0. The number of hydrogen-bond donors (Lipinski definition) is 2. The van der Waals surface area contributed by atoms with Crippen molar-refractivity contribution in [3.8, 4) is 0 Å². The monoisotopic (exact) mass is 253 g/mol. The van der Waals surface area contributed by atoms with Crippen molar-refractivity contribution in [1.82, 2.24) is 0 Å². The Kier molecular flexibility index (Phi) is 3.95. The van der Waals surface area contributed by atoms with E-state index in [0.29, 0.717) is 5.92 Å². The third-order valence-corrected chi connectivity index (χ3v) is 4.18. The molecule has 0 heterocycles. The Hall–Kier alpha value is -0.730. The predicted molar refractivity (Wildman–Crippen MR) is 72.5 cm³/mol. The highest BCUT2D eigenvalue weighted by molar-refractivity contribution is 6.30. The first-order valence-corrected chi connectivity index (χ1v) is 6.72. The van der Waals surface area contributed by atoms with E-state index in [4.69, 9.17) is 11.6 Å². The summed E-state index contributed by atoms with van der Waals surface area (Å²) in [5, 5.41) is 14.0. The lowest BCUT2D eigenvalue weighted by molar-refractivity contribution is 0.174. The van der Waals surface area contributed by atoms with Gasteiger partial charge in [0, 0.05) is 10.7 Å². The maximum Gasteiger partial charge on any atom is 0.0664 e. The van der Waals surface area contributed by atoms with E-state index in [0.717, 1.165) is 23.6 Å². The average molecular weight is 254 g/mol. The van der Waals surface area contributed by atoms with Crippen LogP contribution in [0.3, 0.4) is 0 Å². The second-order valence-electron chi connectivity index (χ2n) is 4.95. The highest BCUT2D eigenvalue weighted by atomic mass is 35.5. The number of aliphatic hydroxyl groups is 1. The molecule has 2 unspecified atom stereocenters. The Bertz CT molecular complexity index is 382. The minimum absolute atomic E-state index is 0.153. The lowest BCUT2D eigenvalue weighted by Crippen LogP contribution is -2.45. The summed E-state index contributed by atoms with van der Waals surface area (Å²) in [5.41, 5.74) is 0.853. The Labute approximate surface area is 108 Å². The van der Waals surface area contributed by atoms with Crippen molar-refractivity contribution in [1.29, 1.82) is 0 Å². The van der Waals surface area contributed by atoms with Gasteiger partial charge in [0.25, 0.3) is 0 Å². The van der Waals surface area contributed by atoms with Crippen LogP contribution in [0.5, 0.6) is 0 Å². The Morgan fingerprint density at radius 2 is 2.35 bits per heavy atom. The van der Waals surface area contributed by atoms with Gasteiger partial charge in [-0.1, -0.05) is 37.4 Å². The third-order valence-electron chi connectivity index (χ3n) is 3.95. The van der Waals surface area contributed by atoms with Crippen LogP contribution in [-0.2, 0) is 0 Å². The van der Waals surface area contributed by atoms with Crippen molar-refractivity contribution < 1.29 is 5.11 Å². The Balaban J connectivity index is 2.19. The van der Waals surface area contributed by atoms with Gasteiger partial charge in [-0.25, -0.2) is 0 Å². The molecule has 3 heteroatoms. The van der Waals surface area contributed by atoms with Crippen molar-refractivity contribution in [2.45, 2.75) is 38.1 Å². The standard InChI is InChI=1S/C14H20ClNO/c1-2-11-5-4-8-14(11,10-17)16-13-7-3-6-12(15)9-13/h3,6-7,9,11,16-17H,2,4-5,8,10H2,1H3. The molecule has 0 aromatic heterocycles. The van der Waals surface area contributed by atoms with Crippen LogP contribution in [0, 0.1) is 5.92 Å². The largest absolute Gasteiger partial charge is 0.394 e. The van der Waals surface area contributed by atoms with E-state index in [-0.39, 0.29) is 12.1 Å². The van der Waals surface area contributed by atoms with Crippen LogP contribution >= 0.6 is 11.6 Å². The van der Waals surface area contributed by atoms with Crippen molar-refractivity contribution in [2.75, 3.05) is 11.9 Å². The smallest absolute Gasteiger partial charge is 0.0664 e. The van der Waals surface area contributed by atoms with Crippen molar-refractivity contribution in [3.05, 3.63) is 29.3 Å². The normalized spacial score (nSPS) is 28.3. The fourth-order valence-electron chi connectivity index (χ4n) is 3.01. The fraction of sp³-hybridized carbons (Fsp3) is 0.571. The summed E-state index contributed by atoms with van der Waals surface area (Å²) in [6, 6.07) is 7.73. The molecule has 0 bridgehead atoms. The van der Waals surface area contributed by atoms with Gasteiger partial charge in [0.2, 0.25) is 0 Å². The molecule has 0 radical (unpaired) electrons. The summed E-state index contributed by atoms with van der Waals surface area (Å²) in [6.45, 7) is 2.39. The number of halogens is 1. The average Bonchev–Trinajstić information content (AvgIpc) is 2.72. The van der Waals surface area contributed by atoms with Crippen LogP contribution in [-0.4, -0.2) is 17.3 Å². The van der Waals surface area contributed by atoms with E-state index in [1.165, 1.54) is 12.8 Å². The summed E-state index contributed by atoms with van der Waals surface area (Å²) in [7, 11) is 0. The molecular formula is C14H20ClNO. The van der Waals surface area contributed by atoms with Gasteiger partial charge in [0.1, 0.15) is 0 Å². The molecule has 2 nitrogen and oxygen atoms in total. The van der Waals surface area contributed by atoms with Crippen LogP contribution in [0.15, 0.2) is 24.3 Å². The molecule has 17 heavy (non-hydrogen) atoms. The minimum atomic E-state index is -0.153. The zero-order valence-electron chi connectivity index (χ0n) is 10.2. The number of benzene rings is 1. The lowest BCUT2D eigenvalue weighted by Gasteiger charge is -2.35. The van der Waals surface area contributed by atoms with Crippen LogP contribution in [0.25, 0.3) is 0 Å². The van der Waals surface area contributed by atoms with Gasteiger partial charge in [-0.2, -0.15) is 0 Å². The molecule has 1 saturated carbocycles. The predicted octanol–water partition coefficient (Wildman–Crippen LogP) is 3.69. The number of rotatable bonds is 4. The molecule has 0 spiro atoms. The summed E-state index contributed by atoms with van der Waals surface area (Å²) in [6.07, 6.45) is 4.53. The van der Waals surface area contributed by atoms with E-state index in [1.807, 2.05) is 24.3 Å². The highest BCUT2D eigenvalue weighted by Gasteiger charge is 2.41. The second-order valence-corrected chi connectivity index (χ2v) is 5.38. The summed E-state index contributed by atoms with van der Waals surface area (Å²) >= 11 is 5.99. The number of nitrogens with one attached hydrogen (secondary N) is 1. The van der Waals surface area contributed by atoms with E-state index >= 15 is 0 Å². The van der Waals surface area contributed by atoms with Gasteiger partial charge in [0.15, 0.2) is 0 Å². The fourth-order valence-corrected chi connectivity index (χ4v) is 3.20.